The van der Waals surface area contributed by atoms with Crippen molar-refractivity contribution >= 4 is 17.7 Å². The number of halogens is 1. The van der Waals surface area contributed by atoms with Crippen LogP contribution in [0.15, 0.2) is 48.5 Å². The number of aliphatic hydroxyl groups excluding tert-OH is 1. The Balaban J connectivity index is 1.53. The number of alkyl halides is 1. The third-order valence-corrected chi connectivity index (χ3v) is 6.90. The average molecular weight is 498 g/mol. The van der Waals surface area contributed by atoms with Crippen LogP contribution in [0.3, 0.4) is 0 Å². The molecular formula is C27H32FN3O5. The molecule has 0 bridgehead atoms. The lowest BCUT2D eigenvalue weighted by molar-refractivity contribution is -0.146. The van der Waals surface area contributed by atoms with Gasteiger partial charge in [0.25, 0.3) is 11.8 Å². The summed E-state index contributed by atoms with van der Waals surface area (Å²) in [6.45, 7) is 1.79. The summed E-state index contributed by atoms with van der Waals surface area (Å²) in [5, 5.41) is 26.6. The Bertz CT molecular complexity index is 1110. The van der Waals surface area contributed by atoms with E-state index >= 15 is 0 Å². The maximum Gasteiger partial charge on any atom is 0.254 e. The summed E-state index contributed by atoms with van der Waals surface area (Å²) >= 11 is 0. The highest BCUT2D eigenvalue weighted by atomic mass is 19.1. The van der Waals surface area contributed by atoms with Gasteiger partial charge in [0.1, 0.15) is 18.0 Å². The molecule has 2 aromatic rings. The molecule has 0 radical (unpaired) electrons. The molecule has 8 nitrogen and oxygen atoms in total. The van der Waals surface area contributed by atoms with Crippen LogP contribution < -0.4 is 10.6 Å². The lowest BCUT2D eigenvalue weighted by Gasteiger charge is -2.30. The number of aromatic hydroxyl groups is 1. The first-order valence-electron chi connectivity index (χ1n) is 12.3. The van der Waals surface area contributed by atoms with Crippen LogP contribution in [-0.4, -0.2) is 70.3 Å². The molecule has 3 amide bonds. The van der Waals surface area contributed by atoms with Crippen LogP contribution in [0.4, 0.5) is 4.39 Å². The van der Waals surface area contributed by atoms with Gasteiger partial charge in [-0.2, -0.15) is 0 Å². The number of likely N-dealkylation sites (tertiary alicyclic amines) is 1. The van der Waals surface area contributed by atoms with Crippen molar-refractivity contribution in [1.29, 1.82) is 0 Å². The smallest absolute Gasteiger partial charge is 0.254 e. The van der Waals surface area contributed by atoms with Crippen molar-refractivity contribution in [2.24, 2.45) is 5.92 Å². The maximum absolute atomic E-state index is 14.3. The van der Waals surface area contributed by atoms with Gasteiger partial charge >= 0.3 is 0 Å². The first-order chi connectivity index (χ1) is 17.2. The van der Waals surface area contributed by atoms with Gasteiger partial charge in [0.2, 0.25) is 5.91 Å². The van der Waals surface area contributed by atoms with Crippen LogP contribution in [-0.2, 0) is 16.0 Å². The van der Waals surface area contributed by atoms with Gasteiger partial charge in [-0.3, -0.25) is 14.4 Å². The molecule has 1 saturated heterocycles. The molecule has 4 rings (SSSR count). The van der Waals surface area contributed by atoms with Gasteiger partial charge in [0.05, 0.1) is 12.6 Å². The lowest BCUT2D eigenvalue weighted by Crippen LogP contribution is -2.56. The molecule has 1 heterocycles. The highest BCUT2D eigenvalue weighted by Gasteiger charge is 2.43. The van der Waals surface area contributed by atoms with E-state index in [0.717, 1.165) is 23.3 Å². The van der Waals surface area contributed by atoms with Gasteiger partial charge in [-0.05, 0) is 49.8 Å². The predicted octanol–water partition coefficient (Wildman–Crippen LogP) is 1.87. The third-order valence-electron chi connectivity index (χ3n) is 6.90. The van der Waals surface area contributed by atoms with Crippen LogP contribution in [0.2, 0.25) is 0 Å². The van der Waals surface area contributed by atoms with E-state index in [9.17, 15) is 29.0 Å². The minimum Gasteiger partial charge on any atom is -0.508 e. The zero-order valence-electron chi connectivity index (χ0n) is 20.2. The number of phenols is 1. The van der Waals surface area contributed by atoms with Crippen molar-refractivity contribution in [1.82, 2.24) is 15.5 Å². The first kappa shape index (κ1) is 25.6. The molecule has 0 unspecified atom stereocenters. The number of aliphatic hydroxyl groups is 1. The van der Waals surface area contributed by atoms with E-state index in [0.29, 0.717) is 18.0 Å². The number of phenolic OH excluding ortho intramolecular Hbond substituents is 1. The molecule has 192 valence electrons. The van der Waals surface area contributed by atoms with E-state index in [-0.39, 0.29) is 30.7 Å². The molecular weight excluding hydrogens is 465 g/mol. The summed E-state index contributed by atoms with van der Waals surface area (Å²) in [7, 11) is 0. The molecule has 0 aromatic heterocycles. The van der Waals surface area contributed by atoms with Gasteiger partial charge in [0.15, 0.2) is 6.10 Å². The fraction of sp³-hybridized carbons (Fsp3) is 0.444. The standard InChI is InChI=1S/C27H32FN3O5/c1-16-20(8-5-9-23(16)32)25(34)30-21(12-17-6-3-2-4-7-17)24(33)27(36)31-15-19(28)13-22(31)26(35)29-14-18-10-11-18/h2-9,18-19,21-22,24,32-33H,10-15H2,1H3,(H,29,35)(H,30,34)/t19-,21+,22+,24+/m1/s1. The second kappa shape index (κ2) is 11.1. The summed E-state index contributed by atoms with van der Waals surface area (Å²) in [5.74, 6) is -1.43. The second-order valence-corrected chi connectivity index (χ2v) is 9.69. The SMILES string of the molecule is Cc1c(O)cccc1C(=O)N[C@@H](Cc1ccccc1)[C@H](O)C(=O)N1C[C@H](F)C[C@H]1C(=O)NCC1CC1. The Hall–Kier alpha value is -3.46. The molecule has 2 fully saturated rings. The average Bonchev–Trinajstić information content (AvgIpc) is 3.62. The zero-order valence-corrected chi connectivity index (χ0v) is 20.2. The highest BCUT2D eigenvalue weighted by Crippen LogP contribution is 2.28. The fourth-order valence-corrected chi connectivity index (χ4v) is 4.53. The first-order valence-corrected chi connectivity index (χ1v) is 12.3. The van der Waals surface area contributed by atoms with Crippen molar-refractivity contribution in [2.45, 2.75) is 57.0 Å². The van der Waals surface area contributed by atoms with Crippen molar-refractivity contribution in [3.05, 3.63) is 65.2 Å². The second-order valence-electron chi connectivity index (χ2n) is 9.69. The summed E-state index contributed by atoms with van der Waals surface area (Å²) in [4.78, 5) is 40.2. The van der Waals surface area contributed by atoms with Gasteiger partial charge in [0, 0.05) is 24.1 Å². The Labute approximate surface area is 209 Å². The molecule has 2 aliphatic rings. The largest absolute Gasteiger partial charge is 0.508 e. The number of carbonyl (C=O) groups is 3. The lowest BCUT2D eigenvalue weighted by atomic mass is 9.98. The highest BCUT2D eigenvalue weighted by molar-refractivity contribution is 5.97. The number of rotatable bonds is 9. The van der Waals surface area contributed by atoms with Gasteiger partial charge in [-0.25, -0.2) is 4.39 Å². The minimum atomic E-state index is -1.71. The van der Waals surface area contributed by atoms with Crippen LogP contribution in [0, 0.1) is 12.8 Å². The predicted molar refractivity (Wildman–Crippen MR) is 131 cm³/mol. The van der Waals surface area contributed by atoms with Gasteiger partial charge in [-0.15, -0.1) is 0 Å². The monoisotopic (exact) mass is 497 g/mol. The molecule has 9 heteroatoms. The van der Waals surface area contributed by atoms with E-state index in [2.05, 4.69) is 10.6 Å². The Kier molecular flexibility index (Phi) is 7.88. The molecule has 1 aliphatic heterocycles. The number of hydrogen-bond donors (Lipinski definition) is 4. The molecule has 36 heavy (non-hydrogen) atoms. The van der Waals surface area contributed by atoms with Crippen molar-refractivity contribution < 1.29 is 29.0 Å². The quantitative estimate of drug-likeness (QED) is 0.422. The Morgan fingerprint density at radius 1 is 1.11 bits per heavy atom. The number of nitrogens with zero attached hydrogens (tertiary/aromatic N) is 1. The van der Waals surface area contributed by atoms with Gasteiger partial charge < -0.3 is 25.7 Å². The maximum atomic E-state index is 14.3. The van der Waals surface area contributed by atoms with E-state index in [1.54, 1.807) is 31.2 Å². The van der Waals surface area contributed by atoms with E-state index < -0.39 is 42.1 Å². The van der Waals surface area contributed by atoms with Crippen LogP contribution in [0.25, 0.3) is 0 Å². The van der Waals surface area contributed by atoms with E-state index in [4.69, 9.17) is 0 Å². The summed E-state index contributed by atoms with van der Waals surface area (Å²) in [6, 6.07) is 11.5. The van der Waals surface area contributed by atoms with Crippen molar-refractivity contribution in [2.75, 3.05) is 13.1 Å². The van der Waals surface area contributed by atoms with Gasteiger partial charge in [-0.1, -0.05) is 36.4 Å². The summed E-state index contributed by atoms with van der Waals surface area (Å²) in [6.07, 6.45) is -1.02. The normalized spacial score (nSPS) is 21.0. The topological polar surface area (TPSA) is 119 Å². The molecule has 2 aromatic carbocycles. The Morgan fingerprint density at radius 3 is 2.53 bits per heavy atom. The van der Waals surface area contributed by atoms with Crippen LogP contribution in [0.5, 0.6) is 5.75 Å². The minimum absolute atomic E-state index is 0.0509. The summed E-state index contributed by atoms with van der Waals surface area (Å²) in [5.41, 5.74) is 1.34. The zero-order chi connectivity index (χ0) is 25.8. The fourth-order valence-electron chi connectivity index (χ4n) is 4.53. The van der Waals surface area contributed by atoms with E-state index in [1.807, 2.05) is 6.07 Å². The van der Waals surface area contributed by atoms with Crippen LogP contribution in [0.1, 0.15) is 40.7 Å². The van der Waals surface area contributed by atoms with Crippen molar-refractivity contribution in [3.8, 4) is 5.75 Å². The molecule has 4 N–H and O–H groups in total. The number of nitrogens with one attached hydrogen (secondary N) is 2. The number of benzene rings is 2. The molecule has 4 atom stereocenters. The molecule has 1 aliphatic carbocycles. The number of amides is 3. The van der Waals surface area contributed by atoms with E-state index in [1.165, 1.54) is 18.2 Å². The molecule has 0 spiro atoms. The van der Waals surface area contributed by atoms with Crippen molar-refractivity contribution in [3.63, 3.8) is 0 Å². The number of hydrogen-bond acceptors (Lipinski definition) is 5. The Morgan fingerprint density at radius 2 is 1.83 bits per heavy atom. The van der Waals surface area contributed by atoms with Crippen LogP contribution >= 0.6 is 0 Å². The molecule has 1 saturated carbocycles. The third kappa shape index (κ3) is 6.02. The number of carbonyl (C=O) groups excluding carboxylic acids is 3. The summed E-state index contributed by atoms with van der Waals surface area (Å²) < 4.78 is 14.3.